The number of esters is 1. The Hall–Kier alpha value is -1.22. The van der Waals surface area contributed by atoms with Crippen molar-refractivity contribution in [1.29, 1.82) is 0 Å². The minimum absolute atomic E-state index is 0.0612. The molecule has 0 unspecified atom stereocenters. The quantitative estimate of drug-likeness (QED) is 0.270. The minimum Gasteiger partial charge on any atom is -0.460 e. The number of carbonyl (C=O) groups excluding carboxylic acids is 2. The third-order valence-electron chi connectivity index (χ3n) is 4.37. The molecule has 0 saturated heterocycles. The number of hydrogen-bond acceptors (Lipinski definition) is 7. The van der Waals surface area contributed by atoms with Crippen molar-refractivity contribution in [3.05, 3.63) is 0 Å². The Bertz CT molecular complexity index is 513. The van der Waals surface area contributed by atoms with Gasteiger partial charge in [-0.05, 0) is 61.3 Å². The first-order valence-corrected chi connectivity index (χ1v) is 11.1. The monoisotopic (exact) mass is 447 g/mol. The second-order valence-corrected chi connectivity index (χ2v) is 9.76. The Morgan fingerprint density at radius 2 is 1.35 bits per heavy atom. The van der Waals surface area contributed by atoms with Gasteiger partial charge in [0, 0.05) is 26.5 Å². The van der Waals surface area contributed by atoms with Crippen LogP contribution in [0.15, 0.2) is 0 Å². The summed E-state index contributed by atoms with van der Waals surface area (Å²) < 4.78 is 27.4. The van der Waals surface area contributed by atoms with E-state index in [1.165, 1.54) is 0 Å². The van der Waals surface area contributed by atoms with E-state index in [1.54, 1.807) is 7.11 Å². The van der Waals surface area contributed by atoms with Crippen LogP contribution in [0.5, 0.6) is 0 Å². The van der Waals surface area contributed by atoms with Gasteiger partial charge in [0.15, 0.2) is 0 Å². The van der Waals surface area contributed by atoms with Gasteiger partial charge < -0.3 is 29.0 Å². The van der Waals surface area contributed by atoms with E-state index in [4.69, 9.17) is 23.7 Å². The highest BCUT2D eigenvalue weighted by molar-refractivity contribution is 5.75. The van der Waals surface area contributed by atoms with Crippen LogP contribution in [0, 0.1) is 0 Å². The summed E-state index contributed by atoms with van der Waals surface area (Å²) in [6.07, 6.45) is 1.93. The van der Waals surface area contributed by atoms with Gasteiger partial charge in [0.1, 0.15) is 5.60 Å². The second kappa shape index (κ2) is 14.8. The normalized spacial score (nSPS) is 12.6. The fraction of sp³-hybridized carbons (Fsp3) is 0.913. The molecule has 0 aliphatic heterocycles. The Morgan fingerprint density at radius 1 is 0.742 bits per heavy atom. The lowest BCUT2D eigenvalue weighted by atomic mass is 10.0. The van der Waals surface area contributed by atoms with Crippen molar-refractivity contribution in [1.82, 2.24) is 5.32 Å². The van der Waals surface area contributed by atoms with E-state index in [0.717, 1.165) is 0 Å². The third kappa shape index (κ3) is 19.2. The average molecular weight is 448 g/mol. The smallest absolute Gasteiger partial charge is 0.306 e. The van der Waals surface area contributed by atoms with Crippen LogP contribution in [0.4, 0.5) is 0 Å². The summed E-state index contributed by atoms with van der Waals surface area (Å²) in [5, 5.41) is 2.82. The van der Waals surface area contributed by atoms with Gasteiger partial charge in [0.25, 0.3) is 0 Å². The van der Waals surface area contributed by atoms with Crippen molar-refractivity contribution in [2.24, 2.45) is 0 Å². The van der Waals surface area contributed by atoms with Crippen LogP contribution in [0.25, 0.3) is 0 Å². The number of nitrogens with one attached hydrogen (secondary N) is 1. The Balaban J connectivity index is 3.96. The minimum atomic E-state index is -0.471. The molecule has 0 fully saturated rings. The van der Waals surface area contributed by atoms with Crippen molar-refractivity contribution in [3.8, 4) is 0 Å². The van der Waals surface area contributed by atoms with E-state index in [1.807, 2.05) is 48.5 Å². The Labute approximate surface area is 188 Å². The summed E-state index contributed by atoms with van der Waals surface area (Å²) in [6.45, 7) is 16.3. The summed E-state index contributed by atoms with van der Waals surface area (Å²) >= 11 is 0. The van der Waals surface area contributed by atoms with Crippen LogP contribution in [0.2, 0.25) is 0 Å². The molecule has 0 spiro atoms. The maximum absolute atomic E-state index is 11.9. The maximum Gasteiger partial charge on any atom is 0.306 e. The predicted molar refractivity (Wildman–Crippen MR) is 120 cm³/mol. The van der Waals surface area contributed by atoms with E-state index in [9.17, 15) is 9.59 Å². The number of hydrogen-bond donors (Lipinski definition) is 1. The zero-order valence-electron chi connectivity index (χ0n) is 20.9. The molecular weight excluding hydrogens is 402 g/mol. The van der Waals surface area contributed by atoms with Gasteiger partial charge in [0.05, 0.1) is 44.2 Å². The molecule has 0 aromatic heterocycles. The van der Waals surface area contributed by atoms with Crippen molar-refractivity contribution in [3.63, 3.8) is 0 Å². The molecule has 0 aromatic rings. The van der Waals surface area contributed by atoms with E-state index in [0.29, 0.717) is 65.3 Å². The van der Waals surface area contributed by atoms with Gasteiger partial charge in [-0.2, -0.15) is 0 Å². The molecule has 0 aliphatic carbocycles. The van der Waals surface area contributed by atoms with Gasteiger partial charge >= 0.3 is 5.97 Å². The molecule has 0 saturated carbocycles. The first-order chi connectivity index (χ1) is 14.3. The SMILES string of the molecule is COCCOCCC(=O)NCCOC(C)(C)CCOC(C)(C)CCC(=O)OC(C)(C)C. The predicted octanol–water partition coefficient (Wildman–Crippen LogP) is 3.26. The molecule has 8 heteroatoms. The van der Waals surface area contributed by atoms with E-state index < -0.39 is 11.2 Å². The van der Waals surface area contributed by atoms with Crippen molar-refractivity contribution in [2.75, 3.05) is 46.7 Å². The molecule has 184 valence electrons. The first kappa shape index (κ1) is 29.8. The summed E-state index contributed by atoms with van der Waals surface area (Å²) in [5.41, 5.74) is -1.28. The van der Waals surface area contributed by atoms with Crippen molar-refractivity contribution >= 4 is 11.9 Å². The van der Waals surface area contributed by atoms with Crippen LogP contribution < -0.4 is 5.32 Å². The largest absolute Gasteiger partial charge is 0.460 e. The van der Waals surface area contributed by atoms with Gasteiger partial charge in [-0.1, -0.05) is 0 Å². The number of amides is 1. The van der Waals surface area contributed by atoms with Gasteiger partial charge in [0.2, 0.25) is 5.91 Å². The molecule has 0 aromatic carbocycles. The molecule has 8 nitrogen and oxygen atoms in total. The number of carbonyl (C=O) groups is 2. The lowest BCUT2D eigenvalue weighted by Gasteiger charge is -2.30. The lowest BCUT2D eigenvalue weighted by molar-refractivity contribution is -0.156. The fourth-order valence-electron chi connectivity index (χ4n) is 2.53. The van der Waals surface area contributed by atoms with Gasteiger partial charge in [-0.25, -0.2) is 0 Å². The lowest BCUT2D eigenvalue weighted by Crippen LogP contribution is -2.34. The molecule has 0 radical (unpaired) electrons. The third-order valence-corrected chi connectivity index (χ3v) is 4.37. The highest BCUT2D eigenvalue weighted by atomic mass is 16.6. The Kier molecular flexibility index (Phi) is 14.2. The molecule has 0 heterocycles. The maximum atomic E-state index is 11.9. The Morgan fingerprint density at radius 3 is 1.97 bits per heavy atom. The molecule has 1 amide bonds. The summed E-state index contributed by atoms with van der Waals surface area (Å²) in [7, 11) is 1.61. The summed E-state index contributed by atoms with van der Waals surface area (Å²) in [5.74, 6) is -0.273. The van der Waals surface area contributed by atoms with Crippen LogP contribution in [0.1, 0.15) is 74.1 Å². The van der Waals surface area contributed by atoms with E-state index >= 15 is 0 Å². The van der Waals surface area contributed by atoms with Gasteiger partial charge in [-0.15, -0.1) is 0 Å². The van der Waals surface area contributed by atoms with E-state index in [2.05, 4.69) is 5.32 Å². The molecule has 0 aliphatic rings. The van der Waals surface area contributed by atoms with E-state index in [-0.39, 0.29) is 17.5 Å². The summed E-state index contributed by atoms with van der Waals surface area (Å²) in [4.78, 5) is 23.6. The highest BCUT2D eigenvalue weighted by Crippen LogP contribution is 2.21. The van der Waals surface area contributed by atoms with Crippen molar-refractivity contribution in [2.45, 2.75) is 91.0 Å². The van der Waals surface area contributed by atoms with Crippen LogP contribution in [-0.4, -0.2) is 75.4 Å². The molecule has 0 atom stereocenters. The molecule has 0 bridgehead atoms. The topological polar surface area (TPSA) is 92.3 Å². The summed E-state index contributed by atoms with van der Waals surface area (Å²) in [6, 6.07) is 0. The molecular formula is C23H45NO7. The number of rotatable bonds is 17. The fourth-order valence-corrected chi connectivity index (χ4v) is 2.53. The second-order valence-electron chi connectivity index (χ2n) is 9.76. The molecule has 1 N–H and O–H groups in total. The van der Waals surface area contributed by atoms with Crippen LogP contribution in [-0.2, 0) is 33.3 Å². The molecule has 31 heavy (non-hydrogen) atoms. The van der Waals surface area contributed by atoms with Crippen LogP contribution in [0.3, 0.4) is 0 Å². The average Bonchev–Trinajstić information content (AvgIpc) is 2.62. The van der Waals surface area contributed by atoms with Crippen molar-refractivity contribution < 1.29 is 33.3 Å². The zero-order chi connectivity index (χ0) is 24.0. The highest BCUT2D eigenvalue weighted by Gasteiger charge is 2.25. The van der Waals surface area contributed by atoms with Crippen LogP contribution >= 0.6 is 0 Å². The zero-order valence-corrected chi connectivity index (χ0v) is 20.9. The standard InChI is InChI=1S/C23H45NO7/c1-21(2,3)31-20(26)9-11-22(4,5)29-15-12-23(6,7)30-16-13-24-19(25)10-14-28-18-17-27-8/h9-18H2,1-8H3,(H,24,25). The first-order valence-electron chi connectivity index (χ1n) is 11.1. The van der Waals surface area contributed by atoms with Gasteiger partial charge in [-0.3, -0.25) is 9.59 Å². The number of ether oxygens (including phenoxy) is 5. The molecule has 0 rings (SSSR count). The number of methoxy groups -OCH3 is 1.